The number of hydrogen-bond donors (Lipinski definition) is 0. The lowest BCUT2D eigenvalue weighted by Gasteiger charge is -2.31. The van der Waals surface area contributed by atoms with Gasteiger partial charge in [0.25, 0.3) is 5.91 Å². The summed E-state index contributed by atoms with van der Waals surface area (Å²) in [6.45, 7) is 1.54. The van der Waals surface area contributed by atoms with Gasteiger partial charge in [0.1, 0.15) is 5.75 Å². The van der Waals surface area contributed by atoms with Crippen LogP contribution in [0.2, 0.25) is 0 Å². The number of nitrogens with zero attached hydrogens (tertiary/aromatic N) is 4. The maximum absolute atomic E-state index is 12.1. The van der Waals surface area contributed by atoms with E-state index in [0.717, 1.165) is 31.7 Å². The van der Waals surface area contributed by atoms with Gasteiger partial charge >= 0.3 is 0 Å². The molecule has 0 unspecified atom stereocenters. The van der Waals surface area contributed by atoms with Gasteiger partial charge in [-0.3, -0.25) is 4.79 Å². The summed E-state index contributed by atoms with van der Waals surface area (Å²) in [5.74, 6) is 0.757. The van der Waals surface area contributed by atoms with E-state index in [9.17, 15) is 4.79 Å². The molecule has 0 N–H and O–H groups in total. The highest BCUT2D eigenvalue weighted by molar-refractivity contribution is 5.77. The van der Waals surface area contributed by atoms with Gasteiger partial charge < -0.3 is 9.64 Å². The van der Waals surface area contributed by atoms with Crippen molar-refractivity contribution in [2.45, 2.75) is 18.9 Å². The largest absolute Gasteiger partial charge is 0.484 e. The zero-order chi connectivity index (χ0) is 14.5. The molecule has 1 aromatic heterocycles. The Kier molecular flexibility index (Phi) is 4.14. The first-order valence-electron chi connectivity index (χ1n) is 7.14. The molecule has 1 aliphatic heterocycles. The average Bonchev–Trinajstić information content (AvgIpc) is 3.08. The number of piperidine rings is 1. The van der Waals surface area contributed by atoms with Gasteiger partial charge in [-0.2, -0.15) is 15.0 Å². The lowest BCUT2D eigenvalue weighted by Crippen LogP contribution is -2.41. The predicted molar refractivity (Wildman–Crippen MR) is 76.8 cm³/mol. The predicted octanol–water partition coefficient (Wildman–Crippen LogP) is 1.52. The van der Waals surface area contributed by atoms with Crippen LogP contribution in [0.25, 0.3) is 0 Å². The summed E-state index contributed by atoms with van der Waals surface area (Å²) in [4.78, 5) is 15.7. The van der Waals surface area contributed by atoms with E-state index < -0.39 is 0 Å². The first-order chi connectivity index (χ1) is 10.3. The molecular formula is C15H18N4O2. The van der Waals surface area contributed by atoms with Crippen LogP contribution in [0.4, 0.5) is 0 Å². The van der Waals surface area contributed by atoms with E-state index in [1.807, 2.05) is 35.2 Å². The quantitative estimate of drug-likeness (QED) is 0.855. The number of rotatable bonds is 4. The van der Waals surface area contributed by atoms with Crippen LogP contribution < -0.4 is 4.74 Å². The minimum atomic E-state index is 0.0331. The van der Waals surface area contributed by atoms with Crippen LogP contribution >= 0.6 is 0 Å². The Morgan fingerprint density at radius 2 is 1.81 bits per heavy atom. The van der Waals surface area contributed by atoms with Gasteiger partial charge in [-0.15, -0.1) is 0 Å². The van der Waals surface area contributed by atoms with E-state index in [4.69, 9.17) is 4.74 Å². The van der Waals surface area contributed by atoms with Crippen molar-refractivity contribution in [2.24, 2.45) is 0 Å². The number of benzene rings is 1. The van der Waals surface area contributed by atoms with E-state index in [2.05, 4.69) is 10.2 Å². The van der Waals surface area contributed by atoms with Gasteiger partial charge in [0.2, 0.25) is 0 Å². The monoisotopic (exact) mass is 286 g/mol. The SMILES string of the molecule is O=C(COc1ccccc1)N1CCC(n2nccn2)CC1. The van der Waals surface area contributed by atoms with Crippen molar-refractivity contribution in [2.75, 3.05) is 19.7 Å². The van der Waals surface area contributed by atoms with E-state index in [-0.39, 0.29) is 12.5 Å². The molecule has 6 heteroatoms. The molecule has 0 atom stereocenters. The van der Waals surface area contributed by atoms with Crippen LogP contribution in [0.5, 0.6) is 5.75 Å². The van der Waals surface area contributed by atoms with Crippen molar-refractivity contribution in [1.29, 1.82) is 0 Å². The Morgan fingerprint density at radius 3 is 2.48 bits per heavy atom. The van der Waals surface area contributed by atoms with Crippen molar-refractivity contribution in [3.63, 3.8) is 0 Å². The Hall–Kier alpha value is -2.37. The second kappa shape index (κ2) is 6.39. The van der Waals surface area contributed by atoms with Crippen molar-refractivity contribution < 1.29 is 9.53 Å². The Bertz CT molecular complexity index is 563. The number of likely N-dealkylation sites (tertiary alicyclic amines) is 1. The molecule has 0 bridgehead atoms. The number of amides is 1. The standard InChI is InChI=1S/C15H18N4O2/c20-15(12-21-14-4-2-1-3-5-14)18-10-6-13(7-11-18)19-16-8-9-17-19/h1-5,8-9,13H,6-7,10-12H2. The Balaban J connectivity index is 1.47. The lowest BCUT2D eigenvalue weighted by molar-refractivity contribution is -0.134. The van der Waals surface area contributed by atoms with Crippen LogP contribution in [0.1, 0.15) is 18.9 Å². The molecule has 0 aliphatic carbocycles. The summed E-state index contributed by atoms with van der Waals surface area (Å²) in [7, 11) is 0. The molecule has 1 fully saturated rings. The molecule has 6 nitrogen and oxygen atoms in total. The van der Waals surface area contributed by atoms with Gasteiger partial charge in [-0.05, 0) is 25.0 Å². The van der Waals surface area contributed by atoms with Crippen LogP contribution in [0, 0.1) is 0 Å². The highest BCUT2D eigenvalue weighted by Gasteiger charge is 2.24. The van der Waals surface area contributed by atoms with Gasteiger partial charge in [-0.1, -0.05) is 18.2 Å². The normalized spacial score (nSPS) is 15.9. The number of ether oxygens (including phenoxy) is 1. The third-order valence-corrected chi connectivity index (χ3v) is 3.69. The summed E-state index contributed by atoms with van der Waals surface area (Å²) < 4.78 is 5.50. The molecule has 3 rings (SSSR count). The fourth-order valence-corrected chi connectivity index (χ4v) is 2.51. The van der Waals surface area contributed by atoms with Crippen LogP contribution in [0.3, 0.4) is 0 Å². The fraction of sp³-hybridized carbons (Fsp3) is 0.400. The molecule has 0 spiro atoms. The highest BCUT2D eigenvalue weighted by Crippen LogP contribution is 2.20. The third-order valence-electron chi connectivity index (χ3n) is 3.69. The van der Waals surface area contributed by atoms with E-state index >= 15 is 0 Å². The molecule has 2 aromatic rings. The minimum absolute atomic E-state index is 0.0331. The van der Waals surface area contributed by atoms with Gasteiger partial charge in [0.15, 0.2) is 6.61 Å². The molecule has 2 heterocycles. The number of hydrogen-bond acceptors (Lipinski definition) is 4. The number of carbonyl (C=O) groups is 1. The molecule has 1 aromatic carbocycles. The second-order valence-corrected chi connectivity index (χ2v) is 5.06. The molecule has 21 heavy (non-hydrogen) atoms. The molecule has 1 amide bonds. The summed E-state index contributed by atoms with van der Waals surface area (Å²) in [5.41, 5.74) is 0. The maximum atomic E-state index is 12.1. The summed E-state index contributed by atoms with van der Waals surface area (Å²) >= 11 is 0. The van der Waals surface area contributed by atoms with Gasteiger partial charge in [-0.25, -0.2) is 0 Å². The minimum Gasteiger partial charge on any atom is -0.484 e. The first-order valence-corrected chi connectivity index (χ1v) is 7.14. The first kappa shape index (κ1) is 13.6. The third kappa shape index (κ3) is 3.39. The maximum Gasteiger partial charge on any atom is 0.260 e. The number of para-hydroxylation sites is 1. The average molecular weight is 286 g/mol. The van der Waals surface area contributed by atoms with Crippen molar-refractivity contribution in [1.82, 2.24) is 19.9 Å². The molecule has 110 valence electrons. The summed E-state index contributed by atoms with van der Waals surface area (Å²) in [6, 6.07) is 9.69. The summed E-state index contributed by atoms with van der Waals surface area (Å²) in [5, 5.41) is 8.33. The molecule has 0 saturated carbocycles. The second-order valence-electron chi connectivity index (χ2n) is 5.06. The van der Waals surface area contributed by atoms with E-state index in [1.165, 1.54) is 0 Å². The molecule has 1 saturated heterocycles. The van der Waals surface area contributed by atoms with E-state index in [0.29, 0.717) is 6.04 Å². The van der Waals surface area contributed by atoms with Crippen molar-refractivity contribution in [3.8, 4) is 5.75 Å². The number of aromatic nitrogens is 3. The zero-order valence-corrected chi connectivity index (χ0v) is 11.8. The van der Waals surface area contributed by atoms with Crippen molar-refractivity contribution in [3.05, 3.63) is 42.7 Å². The summed E-state index contributed by atoms with van der Waals surface area (Å²) in [6.07, 6.45) is 5.13. The lowest BCUT2D eigenvalue weighted by atomic mass is 10.1. The Labute approximate surface area is 123 Å². The highest BCUT2D eigenvalue weighted by atomic mass is 16.5. The van der Waals surface area contributed by atoms with Gasteiger partial charge in [0.05, 0.1) is 18.4 Å². The van der Waals surface area contributed by atoms with E-state index in [1.54, 1.807) is 17.2 Å². The van der Waals surface area contributed by atoms with Crippen LogP contribution in [0.15, 0.2) is 42.7 Å². The van der Waals surface area contributed by atoms with Crippen molar-refractivity contribution >= 4 is 5.91 Å². The van der Waals surface area contributed by atoms with Crippen LogP contribution in [-0.2, 0) is 4.79 Å². The number of carbonyl (C=O) groups excluding carboxylic acids is 1. The fourth-order valence-electron chi connectivity index (χ4n) is 2.51. The molecular weight excluding hydrogens is 268 g/mol. The van der Waals surface area contributed by atoms with Gasteiger partial charge in [0, 0.05) is 13.1 Å². The topological polar surface area (TPSA) is 60.2 Å². The van der Waals surface area contributed by atoms with Crippen LogP contribution in [-0.4, -0.2) is 45.5 Å². The Morgan fingerprint density at radius 1 is 1.14 bits per heavy atom. The molecule has 1 aliphatic rings. The zero-order valence-electron chi connectivity index (χ0n) is 11.8. The molecule has 0 radical (unpaired) electrons. The smallest absolute Gasteiger partial charge is 0.260 e.